The monoisotopic (exact) mass is 498 g/mol. The Kier molecular flexibility index (Phi) is 6.17. The van der Waals surface area contributed by atoms with Crippen LogP contribution in [0.5, 0.6) is 0 Å². The smallest absolute Gasteiger partial charge is 0.286 e. The number of aryl methyl sites for hydroxylation is 1. The van der Waals surface area contributed by atoms with Crippen molar-refractivity contribution in [3.63, 3.8) is 0 Å². The van der Waals surface area contributed by atoms with Crippen molar-refractivity contribution in [3.8, 4) is 11.1 Å². The van der Waals surface area contributed by atoms with Crippen LogP contribution < -0.4 is 10.2 Å². The number of nitrogens with one attached hydrogen (secondary N) is 1. The van der Waals surface area contributed by atoms with Crippen molar-refractivity contribution < 1.29 is 27.8 Å². The van der Waals surface area contributed by atoms with Crippen molar-refractivity contribution in [1.29, 1.82) is 0 Å². The van der Waals surface area contributed by atoms with Crippen LogP contribution in [-0.4, -0.2) is 53.0 Å². The molecule has 0 radical (unpaired) electrons. The lowest BCUT2D eigenvalue weighted by Crippen LogP contribution is -2.55. The Bertz CT molecular complexity index is 1310. The molecule has 0 aliphatic carbocycles. The Balaban J connectivity index is 1.45. The van der Waals surface area contributed by atoms with E-state index < -0.39 is 35.8 Å². The maximum absolute atomic E-state index is 14.8. The molecule has 0 saturated carbocycles. The molecule has 2 aliphatic rings. The van der Waals surface area contributed by atoms with Gasteiger partial charge in [-0.1, -0.05) is 6.07 Å². The van der Waals surface area contributed by atoms with Crippen molar-refractivity contribution in [2.75, 3.05) is 30.0 Å². The second-order valence-electron chi connectivity index (χ2n) is 9.16. The molecule has 10 heteroatoms. The summed E-state index contributed by atoms with van der Waals surface area (Å²) in [4.78, 5) is 22.7. The SMILES string of the molecule is Cc1ccc(NC(=O)c2ccnc(C(C)(F)F)c2)cc1-c1cnc2c(c1)N1CCOCC1C(F)[C@@H]2O. The van der Waals surface area contributed by atoms with E-state index in [1.807, 2.05) is 24.0 Å². The maximum atomic E-state index is 14.8. The largest absolute Gasteiger partial charge is 0.384 e. The molecule has 1 fully saturated rings. The van der Waals surface area contributed by atoms with E-state index in [0.29, 0.717) is 24.5 Å². The van der Waals surface area contributed by atoms with Crippen LogP contribution in [0.4, 0.5) is 24.5 Å². The molecule has 1 aromatic carbocycles. The topological polar surface area (TPSA) is 87.6 Å². The summed E-state index contributed by atoms with van der Waals surface area (Å²) in [5.41, 5.74) is 3.40. The average Bonchev–Trinajstić information content (AvgIpc) is 2.87. The maximum Gasteiger partial charge on any atom is 0.286 e. The number of carbonyl (C=O) groups excluding carboxylic acids is 1. The standard InChI is InChI=1S/C26H25F3N4O3/c1-14-3-4-17(32-25(35)15-5-6-30-21(10-15)26(2,28)29)11-18(14)16-9-19-23(31-12-16)24(34)22(27)20-13-36-8-7-33(19)20/h3-6,9-12,20,22,24,34H,7-8,13H2,1-2H3,(H,32,35)/t20?,22?,24-/m0/s1. The fourth-order valence-electron chi connectivity index (χ4n) is 4.64. The average molecular weight is 499 g/mol. The number of aromatic nitrogens is 2. The van der Waals surface area contributed by atoms with Crippen LogP contribution in [0.3, 0.4) is 0 Å². The van der Waals surface area contributed by atoms with Gasteiger partial charge in [0.15, 0.2) is 6.17 Å². The summed E-state index contributed by atoms with van der Waals surface area (Å²) >= 11 is 0. The highest BCUT2D eigenvalue weighted by Crippen LogP contribution is 2.41. The van der Waals surface area contributed by atoms with Crippen LogP contribution in [0.25, 0.3) is 11.1 Å². The summed E-state index contributed by atoms with van der Waals surface area (Å²) in [6, 6.07) is 9.02. The minimum Gasteiger partial charge on any atom is -0.384 e. The molecule has 7 nitrogen and oxygen atoms in total. The first kappa shape index (κ1) is 24.2. The van der Waals surface area contributed by atoms with E-state index in [2.05, 4.69) is 15.3 Å². The quantitative estimate of drug-likeness (QED) is 0.554. The molecule has 5 rings (SSSR count). The highest BCUT2D eigenvalue weighted by Gasteiger charge is 2.43. The van der Waals surface area contributed by atoms with Gasteiger partial charge in [0.2, 0.25) is 0 Å². The molecule has 2 aromatic heterocycles. The Morgan fingerprint density at radius 1 is 1.22 bits per heavy atom. The Hall–Kier alpha value is -3.50. The molecule has 1 saturated heterocycles. The van der Waals surface area contributed by atoms with E-state index in [1.54, 1.807) is 18.3 Å². The number of aliphatic hydroxyl groups is 1. The highest BCUT2D eigenvalue weighted by molar-refractivity contribution is 6.04. The van der Waals surface area contributed by atoms with Crippen molar-refractivity contribution in [3.05, 3.63) is 71.3 Å². The molecule has 2 unspecified atom stereocenters. The van der Waals surface area contributed by atoms with Gasteiger partial charge < -0.3 is 20.1 Å². The number of rotatable bonds is 4. The van der Waals surface area contributed by atoms with Gasteiger partial charge >= 0.3 is 0 Å². The zero-order valence-electron chi connectivity index (χ0n) is 19.7. The van der Waals surface area contributed by atoms with E-state index in [0.717, 1.165) is 29.7 Å². The second kappa shape index (κ2) is 9.18. The number of aliphatic hydroxyl groups excluding tert-OH is 1. The summed E-state index contributed by atoms with van der Waals surface area (Å²) in [6.07, 6.45) is -0.0969. The van der Waals surface area contributed by atoms with Crippen molar-refractivity contribution in [2.45, 2.75) is 38.1 Å². The molecule has 36 heavy (non-hydrogen) atoms. The number of alkyl halides is 3. The van der Waals surface area contributed by atoms with Crippen molar-refractivity contribution >= 4 is 17.3 Å². The summed E-state index contributed by atoms with van der Waals surface area (Å²) in [5.74, 6) is -3.71. The van der Waals surface area contributed by atoms with Crippen molar-refractivity contribution in [1.82, 2.24) is 9.97 Å². The molecule has 2 N–H and O–H groups in total. The zero-order valence-corrected chi connectivity index (χ0v) is 19.7. The predicted octanol–water partition coefficient (Wildman–Crippen LogP) is 4.41. The highest BCUT2D eigenvalue weighted by atomic mass is 19.3. The molecule has 1 amide bonds. The third-order valence-electron chi connectivity index (χ3n) is 6.60. The molecule has 3 atom stereocenters. The molecule has 4 heterocycles. The number of morpholine rings is 1. The normalized spacial score (nSPS) is 21.5. The zero-order chi connectivity index (χ0) is 25.6. The summed E-state index contributed by atoms with van der Waals surface area (Å²) in [7, 11) is 0. The minimum atomic E-state index is -3.16. The van der Waals surface area contributed by atoms with Gasteiger partial charge in [0, 0.05) is 42.7 Å². The van der Waals surface area contributed by atoms with E-state index in [4.69, 9.17) is 4.74 Å². The molecule has 0 spiro atoms. The Morgan fingerprint density at radius 2 is 2.03 bits per heavy atom. The number of hydrogen-bond acceptors (Lipinski definition) is 6. The lowest BCUT2D eigenvalue weighted by molar-refractivity contribution is 0.000256. The predicted molar refractivity (Wildman–Crippen MR) is 128 cm³/mol. The third kappa shape index (κ3) is 4.42. The number of amides is 1. The fourth-order valence-corrected chi connectivity index (χ4v) is 4.64. The third-order valence-corrected chi connectivity index (χ3v) is 6.60. The molecule has 2 aliphatic heterocycles. The first-order valence-electron chi connectivity index (χ1n) is 11.6. The number of halogens is 3. The van der Waals surface area contributed by atoms with Gasteiger partial charge in [-0.25, -0.2) is 4.39 Å². The Morgan fingerprint density at radius 3 is 2.81 bits per heavy atom. The van der Waals surface area contributed by atoms with E-state index >= 15 is 0 Å². The molecular formula is C26H25F3N4O3. The van der Waals surface area contributed by atoms with Gasteiger partial charge in [-0.2, -0.15) is 8.78 Å². The number of nitrogens with zero attached hydrogens (tertiary/aromatic N) is 3. The number of ether oxygens (including phenoxy) is 1. The number of carbonyl (C=O) groups is 1. The van der Waals surface area contributed by atoms with Gasteiger partial charge in [0.05, 0.1) is 30.6 Å². The van der Waals surface area contributed by atoms with Gasteiger partial charge in [-0.15, -0.1) is 0 Å². The molecule has 188 valence electrons. The van der Waals surface area contributed by atoms with E-state index in [9.17, 15) is 23.1 Å². The van der Waals surface area contributed by atoms with Crippen LogP contribution in [0.15, 0.2) is 48.8 Å². The van der Waals surface area contributed by atoms with Crippen LogP contribution in [0.2, 0.25) is 0 Å². The van der Waals surface area contributed by atoms with Crippen LogP contribution in [-0.2, 0) is 10.7 Å². The first-order chi connectivity index (χ1) is 17.1. The molecular weight excluding hydrogens is 473 g/mol. The summed E-state index contributed by atoms with van der Waals surface area (Å²) < 4.78 is 47.5. The number of fused-ring (bicyclic) bond motifs is 3. The van der Waals surface area contributed by atoms with E-state index in [1.165, 1.54) is 12.3 Å². The molecule has 3 aromatic rings. The summed E-state index contributed by atoms with van der Waals surface area (Å²) in [6.45, 7) is 3.74. The lowest BCUT2D eigenvalue weighted by atomic mass is 9.92. The molecule has 0 bridgehead atoms. The van der Waals surface area contributed by atoms with Gasteiger partial charge in [-0.3, -0.25) is 14.8 Å². The fraction of sp³-hybridized carbons (Fsp3) is 0.346. The number of anilines is 2. The number of pyridine rings is 2. The van der Waals surface area contributed by atoms with Gasteiger partial charge in [-0.05, 0) is 48.4 Å². The van der Waals surface area contributed by atoms with Crippen LogP contribution in [0, 0.1) is 6.92 Å². The van der Waals surface area contributed by atoms with Gasteiger partial charge in [0.25, 0.3) is 11.8 Å². The Labute approximate surface area is 205 Å². The second-order valence-corrected chi connectivity index (χ2v) is 9.16. The van der Waals surface area contributed by atoms with Crippen LogP contribution >= 0.6 is 0 Å². The van der Waals surface area contributed by atoms with Gasteiger partial charge in [0.1, 0.15) is 11.8 Å². The first-order valence-corrected chi connectivity index (χ1v) is 11.6. The van der Waals surface area contributed by atoms with Crippen LogP contribution in [0.1, 0.15) is 40.3 Å². The minimum absolute atomic E-state index is 0.0622. The lowest BCUT2D eigenvalue weighted by Gasteiger charge is -2.44. The van der Waals surface area contributed by atoms with Crippen molar-refractivity contribution in [2.24, 2.45) is 0 Å². The van der Waals surface area contributed by atoms with E-state index in [-0.39, 0.29) is 17.9 Å². The summed E-state index contributed by atoms with van der Waals surface area (Å²) in [5, 5.41) is 13.2. The number of hydrogen-bond donors (Lipinski definition) is 2. The number of benzene rings is 1.